The van der Waals surface area contributed by atoms with Crippen LogP contribution in [0.3, 0.4) is 0 Å². The van der Waals surface area contributed by atoms with Crippen LogP contribution in [0.4, 0.5) is 0 Å². The zero-order chi connectivity index (χ0) is 20.8. The van der Waals surface area contributed by atoms with E-state index in [2.05, 4.69) is 34.3 Å². The van der Waals surface area contributed by atoms with Gasteiger partial charge in [-0.25, -0.2) is 0 Å². The minimum absolute atomic E-state index is 0.00439. The molecule has 0 aromatic heterocycles. The fraction of sp³-hybridized carbons (Fsp3) is 0.636. The maximum Gasteiger partial charge on any atom is 0.224 e. The predicted octanol–water partition coefficient (Wildman–Crippen LogP) is 1.33. The van der Waals surface area contributed by atoms with Gasteiger partial charge in [-0.3, -0.25) is 19.4 Å². The normalized spacial score (nSPS) is 23.2. The van der Waals surface area contributed by atoms with Crippen molar-refractivity contribution in [3.8, 4) is 5.75 Å². The molecule has 7 heteroatoms. The molecule has 2 heterocycles. The molecule has 0 radical (unpaired) electrons. The summed E-state index contributed by atoms with van der Waals surface area (Å²) in [5.41, 5.74) is 1.24. The molecule has 1 N–H and O–H groups in total. The summed E-state index contributed by atoms with van der Waals surface area (Å²) < 4.78 is 5.30. The summed E-state index contributed by atoms with van der Waals surface area (Å²) in [4.78, 5) is 30.6. The van der Waals surface area contributed by atoms with Gasteiger partial charge in [0.25, 0.3) is 0 Å². The first kappa shape index (κ1) is 21.6. The van der Waals surface area contributed by atoms with Gasteiger partial charge in [0.1, 0.15) is 5.75 Å². The number of amides is 2. The summed E-state index contributed by atoms with van der Waals surface area (Å²) in [6, 6.07) is 8.78. The second kappa shape index (κ2) is 10.1. The van der Waals surface area contributed by atoms with Crippen molar-refractivity contribution >= 4 is 11.8 Å². The number of likely N-dealkylation sites (tertiary alicyclic amines) is 1. The van der Waals surface area contributed by atoms with E-state index in [1.807, 2.05) is 17.0 Å². The lowest BCUT2D eigenvalue weighted by atomic mass is 10.1. The van der Waals surface area contributed by atoms with E-state index in [1.54, 1.807) is 14.0 Å². The Morgan fingerprint density at radius 2 is 1.86 bits per heavy atom. The zero-order valence-corrected chi connectivity index (χ0v) is 17.9. The molecule has 1 aromatic carbocycles. The van der Waals surface area contributed by atoms with Gasteiger partial charge in [-0.15, -0.1) is 0 Å². The average molecular weight is 403 g/mol. The standard InChI is InChI=1S/C22H34N4O3/c1-17(27)23-15-20-8-7-19(24(20)2)14-22(28)26-11-9-25(10-12-26)16-18-5-4-6-21(13-18)29-3/h4-6,13,19-20H,7-12,14-16H2,1-3H3,(H,23,27)/t19-,20+/m0/s1. The fourth-order valence-corrected chi connectivity index (χ4v) is 4.36. The van der Waals surface area contributed by atoms with Crippen LogP contribution in [-0.2, 0) is 16.1 Å². The Hall–Kier alpha value is -2.12. The second-order valence-corrected chi connectivity index (χ2v) is 8.20. The molecule has 29 heavy (non-hydrogen) atoms. The van der Waals surface area contributed by atoms with Crippen LogP contribution >= 0.6 is 0 Å². The van der Waals surface area contributed by atoms with Crippen molar-refractivity contribution < 1.29 is 14.3 Å². The molecular formula is C22H34N4O3. The zero-order valence-electron chi connectivity index (χ0n) is 17.9. The summed E-state index contributed by atoms with van der Waals surface area (Å²) in [7, 11) is 3.76. The van der Waals surface area contributed by atoms with E-state index in [1.165, 1.54) is 5.56 Å². The molecule has 0 aliphatic carbocycles. The smallest absolute Gasteiger partial charge is 0.224 e. The van der Waals surface area contributed by atoms with E-state index in [4.69, 9.17) is 4.74 Å². The third-order valence-electron chi connectivity index (χ3n) is 6.25. The molecule has 2 amide bonds. The number of piperazine rings is 1. The van der Waals surface area contributed by atoms with Crippen molar-refractivity contribution in [2.45, 2.75) is 44.8 Å². The third-order valence-corrected chi connectivity index (χ3v) is 6.25. The van der Waals surface area contributed by atoms with Gasteiger partial charge >= 0.3 is 0 Å². The molecule has 0 spiro atoms. The lowest BCUT2D eigenvalue weighted by molar-refractivity contribution is -0.134. The van der Waals surface area contributed by atoms with E-state index < -0.39 is 0 Å². The highest BCUT2D eigenvalue weighted by Crippen LogP contribution is 2.25. The van der Waals surface area contributed by atoms with Crippen molar-refractivity contribution in [2.75, 3.05) is 46.9 Å². The predicted molar refractivity (Wildman–Crippen MR) is 113 cm³/mol. The Morgan fingerprint density at radius 3 is 2.55 bits per heavy atom. The van der Waals surface area contributed by atoms with Gasteiger partial charge in [-0.05, 0) is 37.6 Å². The number of hydrogen-bond donors (Lipinski definition) is 1. The molecule has 0 unspecified atom stereocenters. The molecule has 2 fully saturated rings. The third kappa shape index (κ3) is 5.93. The van der Waals surface area contributed by atoms with Gasteiger partial charge in [0.2, 0.25) is 11.8 Å². The first-order valence-corrected chi connectivity index (χ1v) is 10.6. The Kier molecular flexibility index (Phi) is 7.50. The molecule has 1 aromatic rings. The molecule has 160 valence electrons. The summed E-state index contributed by atoms with van der Waals surface area (Å²) in [6.45, 7) is 6.46. The van der Waals surface area contributed by atoms with Crippen LogP contribution in [0.5, 0.6) is 5.75 Å². The molecule has 7 nitrogen and oxygen atoms in total. The molecule has 0 bridgehead atoms. The van der Waals surface area contributed by atoms with Crippen LogP contribution in [0.25, 0.3) is 0 Å². The molecule has 2 saturated heterocycles. The maximum absolute atomic E-state index is 12.8. The van der Waals surface area contributed by atoms with E-state index >= 15 is 0 Å². The number of nitrogens with one attached hydrogen (secondary N) is 1. The molecule has 2 aliphatic heterocycles. The van der Waals surface area contributed by atoms with Crippen molar-refractivity contribution in [1.82, 2.24) is 20.0 Å². The van der Waals surface area contributed by atoms with Crippen molar-refractivity contribution in [3.63, 3.8) is 0 Å². The lowest BCUT2D eigenvalue weighted by Crippen LogP contribution is -2.49. The summed E-state index contributed by atoms with van der Waals surface area (Å²) in [6.07, 6.45) is 2.62. The number of carbonyl (C=O) groups excluding carboxylic acids is 2. The van der Waals surface area contributed by atoms with Crippen molar-refractivity contribution in [1.29, 1.82) is 0 Å². The van der Waals surface area contributed by atoms with Crippen LogP contribution < -0.4 is 10.1 Å². The number of likely N-dealkylation sites (N-methyl/N-ethyl adjacent to an activating group) is 1. The Balaban J connectivity index is 1.42. The van der Waals surface area contributed by atoms with Crippen LogP contribution in [0.1, 0.15) is 31.7 Å². The highest BCUT2D eigenvalue weighted by molar-refractivity contribution is 5.77. The molecule has 2 atom stereocenters. The van der Waals surface area contributed by atoms with Gasteiger partial charge in [0, 0.05) is 64.7 Å². The Bertz CT molecular complexity index is 703. The number of carbonyl (C=O) groups is 2. The number of ether oxygens (including phenoxy) is 1. The van der Waals surface area contributed by atoms with E-state index in [0.717, 1.165) is 51.3 Å². The summed E-state index contributed by atoms with van der Waals surface area (Å²) in [5, 5.41) is 2.90. The van der Waals surface area contributed by atoms with Crippen LogP contribution in [0, 0.1) is 0 Å². The fourth-order valence-electron chi connectivity index (χ4n) is 4.36. The highest BCUT2D eigenvalue weighted by Gasteiger charge is 2.33. The van der Waals surface area contributed by atoms with E-state index in [-0.39, 0.29) is 17.9 Å². The molecule has 0 saturated carbocycles. The first-order chi connectivity index (χ1) is 14.0. The summed E-state index contributed by atoms with van der Waals surface area (Å²) >= 11 is 0. The van der Waals surface area contributed by atoms with E-state index in [9.17, 15) is 9.59 Å². The largest absolute Gasteiger partial charge is 0.497 e. The maximum atomic E-state index is 12.8. The molecule has 3 rings (SSSR count). The number of nitrogens with zero attached hydrogens (tertiary/aromatic N) is 3. The van der Waals surface area contributed by atoms with Crippen molar-refractivity contribution in [3.05, 3.63) is 29.8 Å². The van der Waals surface area contributed by atoms with Crippen LogP contribution in [0.2, 0.25) is 0 Å². The Labute approximate surface area is 174 Å². The number of benzene rings is 1. The van der Waals surface area contributed by atoms with Crippen LogP contribution in [0.15, 0.2) is 24.3 Å². The Morgan fingerprint density at radius 1 is 1.14 bits per heavy atom. The number of methoxy groups -OCH3 is 1. The minimum atomic E-state index is 0.00439. The SMILES string of the molecule is COc1cccc(CN2CCN(C(=O)C[C@@H]3CC[C@H](CNC(C)=O)N3C)CC2)c1. The summed E-state index contributed by atoms with van der Waals surface area (Å²) in [5.74, 6) is 1.14. The van der Waals surface area contributed by atoms with Gasteiger partial charge in [-0.1, -0.05) is 12.1 Å². The highest BCUT2D eigenvalue weighted by atomic mass is 16.5. The molecule has 2 aliphatic rings. The van der Waals surface area contributed by atoms with Gasteiger partial charge < -0.3 is 15.0 Å². The topological polar surface area (TPSA) is 65.1 Å². The van der Waals surface area contributed by atoms with Crippen molar-refractivity contribution in [2.24, 2.45) is 0 Å². The quantitative estimate of drug-likeness (QED) is 0.745. The molecular weight excluding hydrogens is 368 g/mol. The van der Waals surface area contributed by atoms with E-state index in [0.29, 0.717) is 19.0 Å². The van der Waals surface area contributed by atoms with Gasteiger partial charge in [0.05, 0.1) is 7.11 Å². The number of rotatable bonds is 7. The van der Waals surface area contributed by atoms with Gasteiger partial charge in [0.15, 0.2) is 0 Å². The number of hydrogen-bond acceptors (Lipinski definition) is 5. The second-order valence-electron chi connectivity index (χ2n) is 8.20. The lowest BCUT2D eigenvalue weighted by Gasteiger charge is -2.36. The monoisotopic (exact) mass is 402 g/mol. The van der Waals surface area contributed by atoms with Crippen LogP contribution in [-0.4, -0.2) is 85.5 Å². The first-order valence-electron chi connectivity index (χ1n) is 10.6. The average Bonchev–Trinajstić information content (AvgIpc) is 3.06. The van der Waals surface area contributed by atoms with Gasteiger partial charge in [-0.2, -0.15) is 0 Å². The minimum Gasteiger partial charge on any atom is -0.497 e.